The van der Waals surface area contributed by atoms with Crippen LogP contribution in [0, 0.1) is 6.92 Å². The number of aryl methyl sites for hydroxylation is 1. The molecule has 1 aromatic heterocycles. The third-order valence-electron chi connectivity index (χ3n) is 3.07. The van der Waals surface area contributed by atoms with Crippen LogP contribution in [0.5, 0.6) is 0 Å². The molecular formula is C14H21ClO5S. The van der Waals surface area contributed by atoms with Crippen molar-refractivity contribution in [2.24, 2.45) is 0 Å². The summed E-state index contributed by atoms with van der Waals surface area (Å²) in [5.41, 5.74) is 0. The van der Waals surface area contributed by atoms with Gasteiger partial charge >= 0.3 is 5.97 Å². The van der Waals surface area contributed by atoms with Gasteiger partial charge in [0.05, 0.1) is 6.61 Å². The number of esters is 1. The minimum absolute atomic E-state index is 0.0801. The van der Waals surface area contributed by atoms with E-state index in [1.54, 1.807) is 0 Å². The lowest BCUT2D eigenvalue weighted by atomic mass is 10.1. The highest BCUT2D eigenvalue weighted by Crippen LogP contribution is 2.23. The van der Waals surface area contributed by atoms with Crippen molar-refractivity contribution < 1.29 is 22.4 Å². The second-order valence-corrected chi connectivity index (χ2v) is 7.41. The van der Waals surface area contributed by atoms with E-state index in [-0.39, 0.29) is 16.4 Å². The molecular weight excluding hydrogens is 316 g/mol. The molecule has 0 amide bonds. The van der Waals surface area contributed by atoms with Gasteiger partial charge in [-0.2, -0.15) is 0 Å². The summed E-state index contributed by atoms with van der Waals surface area (Å²) in [6, 6.07) is 1.10. The van der Waals surface area contributed by atoms with Crippen LogP contribution in [-0.2, 0) is 13.8 Å². The molecule has 0 atom stereocenters. The van der Waals surface area contributed by atoms with Crippen molar-refractivity contribution in [2.45, 2.75) is 57.3 Å². The Labute approximate surface area is 130 Å². The summed E-state index contributed by atoms with van der Waals surface area (Å²) in [5.74, 6) is -0.729. The van der Waals surface area contributed by atoms with E-state index in [4.69, 9.17) is 19.8 Å². The van der Waals surface area contributed by atoms with Gasteiger partial charge in [-0.1, -0.05) is 39.0 Å². The van der Waals surface area contributed by atoms with E-state index in [1.165, 1.54) is 26.2 Å². The first kappa shape index (κ1) is 18.0. The quantitative estimate of drug-likeness (QED) is 0.386. The van der Waals surface area contributed by atoms with Crippen LogP contribution in [0.4, 0.5) is 0 Å². The molecule has 1 rings (SSSR count). The summed E-state index contributed by atoms with van der Waals surface area (Å²) in [4.78, 5) is 11.5. The number of halogens is 1. The fourth-order valence-electron chi connectivity index (χ4n) is 1.93. The first-order chi connectivity index (χ1) is 9.86. The number of carbonyl (C=O) groups excluding carboxylic acids is 1. The van der Waals surface area contributed by atoms with Gasteiger partial charge in [-0.25, -0.2) is 13.2 Å². The molecule has 0 aromatic carbocycles. The number of hydrogen-bond acceptors (Lipinski definition) is 5. The average molecular weight is 337 g/mol. The Bertz CT molecular complexity index is 562. The van der Waals surface area contributed by atoms with Crippen LogP contribution >= 0.6 is 10.7 Å². The minimum Gasteiger partial charge on any atom is -0.460 e. The second-order valence-electron chi connectivity index (χ2n) is 4.87. The van der Waals surface area contributed by atoms with Crippen molar-refractivity contribution in [3.63, 3.8) is 0 Å². The average Bonchev–Trinajstić information content (AvgIpc) is 2.79. The first-order valence-corrected chi connectivity index (χ1v) is 9.39. The zero-order valence-electron chi connectivity index (χ0n) is 12.4. The third kappa shape index (κ3) is 6.09. The van der Waals surface area contributed by atoms with Gasteiger partial charge in [-0.15, -0.1) is 0 Å². The van der Waals surface area contributed by atoms with E-state index in [2.05, 4.69) is 6.92 Å². The van der Waals surface area contributed by atoms with Crippen LogP contribution in [0.2, 0.25) is 0 Å². The summed E-state index contributed by atoms with van der Waals surface area (Å²) < 4.78 is 32.6. The van der Waals surface area contributed by atoms with Crippen molar-refractivity contribution in [2.75, 3.05) is 6.61 Å². The van der Waals surface area contributed by atoms with Gasteiger partial charge in [0.2, 0.25) is 5.76 Å². The lowest BCUT2D eigenvalue weighted by Gasteiger charge is -2.02. The lowest BCUT2D eigenvalue weighted by Crippen LogP contribution is -2.05. The molecule has 0 unspecified atom stereocenters. The maximum Gasteiger partial charge on any atom is 0.374 e. The SMILES string of the molecule is CCCCCCCCOC(=O)c1cc(S(=O)(=O)Cl)c(C)o1. The molecule has 1 heterocycles. The van der Waals surface area contributed by atoms with Crippen LogP contribution in [0.1, 0.15) is 61.8 Å². The summed E-state index contributed by atoms with van der Waals surface area (Å²) in [7, 11) is 1.32. The van der Waals surface area contributed by atoms with E-state index < -0.39 is 15.0 Å². The molecule has 1 aromatic rings. The zero-order chi connectivity index (χ0) is 15.9. The van der Waals surface area contributed by atoms with Gasteiger partial charge in [0, 0.05) is 16.7 Å². The summed E-state index contributed by atoms with van der Waals surface area (Å²) in [5, 5.41) is 0. The van der Waals surface area contributed by atoms with Crippen LogP contribution < -0.4 is 0 Å². The van der Waals surface area contributed by atoms with Crippen LogP contribution in [0.15, 0.2) is 15.4 Å². The van der Waals surface area contributed by atoms with Gasteiger partial charge in [0.25, 0.3) is 9.05 Å². The minimum atomic E-state index is -3.91. The molecule has 0 fully saturated rings. The first-order valence-electron chi connectivity index (χ1n) is 7.08. The Morgan fingerprint density at radius 3 is 2.43 bits per heavy atom. The Balaban J connectivity index is 2.40. The lowest BCUT2D eigenvalue weighted by molar-refractivity contribution is 0.0460. The molecule has 0 aliphatic carbocycles. The predicted octanol–water partition coefficient (Wildman–Crippen LogP) is 4.03. The Hall–Kier alpha value is -1.01. The van der Waals surface area contributed by atoms with Crippen LogP contribution in [0.25, 0.3) is 0 Å². The maximum atomic E-state index is 11.7. The summed E-state index contributed by atoms with van der Waals surface area (Å²) >= 11 is 0. The number of rotatable bonds is 9. The largest absolute Gasteiger partial charge is 0.460 e. The Kier molecular flexibility index (Phi) is 7.25. The molecule has 0 saturated heterocycles. The number of unbranched alkanes of at least 4 members (excludes halogenated alkanes) is 5. The molecule has 0 saturated carbocycles. The van der Waals surface area contributed by atoms with Crippen molar-refractivity contribution in [3.8, 4) is 0 Å². The predicted molar refractivity (Wildman–Crippen MR) is 80.1 cm³/mol. The van der Waals surface area contributed by atoms with E-state index in [9.17, 15) is 13.2 Å². The van der Waals surface area contributed by atoms with Gasteiger partial charge in [-0.3, -0.25) is 0 Å². The maximum absolute atomic E-state index is 11.7. The van der Waals surface area contributed by atoms with Crippen molar-refractivity contribution >= 4 is 25.7 Å². The molecule has 0 aliphatic heterocycles. The van der Waals surface area contributed by atoms with Gasteiger partial charge in [0.15, 0.2) is 0 Å². The Morgan fingerprint density at radius 2 is 1.86 bits per heavy atom. The highest BCUT2D eigenvalue weighted by molar-refractivity contribution is 8.13. The van der Waals surface area contributed by atoms with Gasteiger partial charge in [0.1, 0.15) is 10.7 Å². The second kappa shape index (κ2) is 8.44. The monoisotopic (exact) mass is 336 g/mol. The molecule has 0 spiro atoms. The topological polar surface area (TPSA) is 73.6 Å². The highest BCUT2D eigenvalue weighted by Gasteiger charge is 2.22. The third-order valence-corrected chi connectivity index (χ3v) is 4.50. The van der Waals surface area contributed by atoms with E-state index in [1.807, 2.05) is 0 Å². The molecule has 0 aliphatic rings. The molecule has 7 heteroatoms. The molecule has 5 nitrogen and oxygen atoms in total. The molecule has 0 radical (unpaired) electrons. The summed E-state index contributed by atoms with van der Waals surface area (Å²) in [6.45, 7) is 3.88. The van der Waals surface area contributed by atoms with Crippen LogP contribution in [-0.4, -0.2) is 21.0 Å². The smallest absolute Gasteiger partial charge is 0.374 e. The molecule has 0 N–H and O–H groups in total. The van der Waals surface area contributed by atoms with Crippen molar-refractivity contribution in [3.05, 3.63) is 17.6 Å². The Morgan fingerprint density at radius 1 is 1.24 bits per heavy atom. The van der Waals surface area contributed by atoms with E-state index >= 15 is 0 Å². The summed E-state index contributed by atoms with van der Waals surface area (Å²) in [6.07, 6.45) is 6.53. The van der Waals surface area contributed by atoms with Gasteiger partial charge in [-0.05, 0) is 13.3 Å². The number of carbonyl (C=O) groups is 1. The van der Waals surface area contributed by atoms with Crippen molar-refractivity contribution in [1.82, 2.24) is 0 Å². The highest BCUT2D eigenvalue weighted by atomic mass is 35.7. The van der Waals surface area contributed by atoms with Crippen LogP contribution in [0.3, 0.4) is 0 Å². The fourth-order valence-corrected chi connectivity index (χ4v) is 3.02. The fraction of sp³-hybridized carbons (Fsp3) is 0.643. The van der Waals surface area contributed by atoms with Gasteiger partial charge < -0.3 is 9.15 Å². The molecule has 0 bridgehead atoms. The molecule has 21 heavy (non-hydrogen) atoms. The van der Waals surface area contributed by atoms with E-state index in [0.717, 1.165) is 25.3 Å². The van der Waals surface area contributed by atoms with Crippen molar-refractivity contribution in [1.29, 1.82) is 0 Å². The number of ether oxygens (including phenoxy) is 1. The number of furan rings is 1. The zero-order valence-corrected chi connectivity index (χ0v) is 13.9. The van der Waals surface area contributed by atoms with E-state index in [0.29, 0.717) is 6.61 Å². The number of hydrogen-bond donors (Lipinski definition) is 0. The molecule has 120 valence electrons. The standard InChI is InChI=1S/C14H21ClO5S/c1-3-4-5-6-7-8-9-19-14(16)12-10-13(11(2)20-12)21(15,17)18/h10H,3-9H2,1-2H3. The normalized spacial score (nSPS) is 11.6.